The second-order valence-corrected chi connectivity index (χ2v) is 5.58. The summed E-state index contributed by atoms with van der Waals surface area (Å²) < 4.78 is 0. The van der Waals surface area contributed by atoms with Crippen molar-refractivity contribution >= 4 is 5.91 Å². The Morgan fingerprint density at radius 3 is 2.94 bits per heavy atom. The monoisotopic (exact) mass is 236 g/mol. The maximum Gasteiger partial charge on any atom is 0.223 e. The fourth-order valence-corrected chi connectivity index (χ4v) is 3.01. The number of piperidine rings is 1. The molecule has 96 valence electrons. The Morgan fingerprint density at radius 1 is 1.47 bits per heavy atom. The van der Waals surface area contributed by atoms with Crippen LogP contribution in [0.3, 0.4) is 0 Å². The predicted molar refractivity (Wildman–Crippen MR) is 69.4 cm³/mol. The summed E-state index contributed by atoms with van der Waals surface area (Å²) in [6.07, 6.45) is 9.55. The van der Waals surface area contributed by atoms with Crippen LogP contribution in [0.1, 0.15) is 39.0 Å². The van der Waals surface area contributed by atoms with Crippen molar-refractivity contribution in [3.8, 4) is 0 Å². The van der Waals surface area contributed by atoms with Crippen LogP contribution in [0, 0.1) is 11.8 Å². The van der Waals surface area contributed by atoms with Gasteiger partial charge in [0.1, 0.15) is 0 Å². The van der Waals surface area contributed by atoms with E-state index in [0.29, 0.717) is 30.7 Å². The van der Waals surface area contributed by atoms with E-state index in [-0.39, 0.29) is 6.04 Å². The number of amides is 1. The maximum absolute atomic E-state index is 12.3. The normalized spacial score (nSPS) is 33.1. The molecule has 17 heavy (non-hydrogen) atoms. The first-order valence-corrected chi connectivity index (χ1v) is 6.87. The fraction of sp³-hybridized carbons (Fsp3) is 0.786. The number of carbonyl (C=O) groups is 1. The van der Waals surface area contributed by atoms with Crippen molar-refractivity contribution in [3.05, 3.63) is 12.2 Å². The van der Waals surface area contributed by atoms with Gasteiger partial charge < -0.3 is 10.6 Å². The van der Waals surface area contributed by atoms with E-state index in [0.717, 1.165) is 32.2 Å². The second kappa shape index (κ2) is 5.67. The third-order valence-corrected chi connectivity index (χ3v) is 4.12. The zero-order valence-electron chi connectivity index (χ0n) is 10.8. The largest absolute Gasteiger partial charge is 0.338 e. The molecule has 1 aliphatic carbocycles. The van der Waals surface area contributed by atoms with Gasteiger partial charge in [0.25, 0.3) is 0 Å². The first-order valence-electron chi connectivity index (χ1n) is 6.87. The highest BCUT2D eigenvalue weighted by molar-refractivity contribution is 5.77. The topological polar surface area (TPSA) is 46.3 Å². The lowest BCUT2D eigenvalue weighted by Gasteiger charge is -2.38. The molecule has 3 heteroatoms. The molecule has 1 amide bonds. The van der Waals surface area contributed by atoms with E-state index in [1.54, 1.807) is 0 Å². The Balaban J connectivity index is 1.90. The molecule has 2 rings (SSSR count). The molecule has 1 saturated heterocycles. The van der Waals surface area contributed by atoms with E-state index >= 15 is 0 Å². The summed E-state index contributed by atoms with van der Waals surface area (Å²) in [5.74, 6) is 1.49. The molecular formula is C14H24N2O. The minimum atomic E-state index is 0.275. The highest BCUT2D eigenvalue weighted by Crippen LogP contribution is 2.26. The first-order chi connectivity index (χ1) is 8.20. The summed E-state index contributed by atoms with van der Waals surface area (Å²) in [7, 11) is 0. The molecular weight excluding hydrogens is 212 g/mol. The molecule has 0 aromatic carbocycles. The molecule has 3 unspecified atom stereocenters. The average molecular weight is 236 g/mol. The highest BCUT2D eigenvalue weighted by Gasteiger charge is 2.29. The molecule has 0 aromatic rings. The van der Waals surface area contributed by atoms with E-state index in [1.807, 2.05) is 4.90 Å². The molecule has 3 nitrogen and oxygen atoms in total. The lowest BCUT2D eigenvalue weighted by molar-refractivity contribution is -0.136. The van der Waals surface area contributed by atoms with Gasteiger partial charge in [-0.3, -0.25) is 4.79 Å². The van der Waals surface area contributed by atoms with Crippen LogP contribution in [0.15, 0.2) is 12.2 Å². The van der Waals surface area contributed by atoms with Gasteiger partial charge in [0.05, 0.1) is 0 Å². The Morgan fingerprint density at radius 2 is 2.29 bits per heavy atom. The summed E-state index contributed by atoms with van der Waals surface area (Å²) in [4.78, 5) is 14.3. The summed E-state index contributed by atoms with van der Waals surface area (Å²) in [6.45, 7) is 3.76. The Hall–Kier alpha value is -0.830. The molecule has 2 N–H and O–H groups in total. The second-order valence-electron chi connectivity index (χ2n) is 5.58. The van der Waals surface area contributed by atoms with Crippen LogP contribution in [0.25, 0.3) is 0 Å². The van der Waals surface area contributed by atoms with E-state index < -0.39 is 0 Å². The molecule has 0 radical (unpaired) electrons. The van der Waals surface area contributed by atoms with E-state index in [4.69, 9.17) is 5.73 Å². The van der Waals surface area contributed by atoms with Gasteiger partial charge in [-0.05, 0) is 37.5 Å². The van der Waals surface area contributed by atoms with Crippen molar-refractivity contribution in [2.75, 3.05) is 13.1 Å². The van der Waals surface area contributed by atoms with Gasteiger partial charge in [0, 0.05) is 25.6 Å². The molecule has 0 aromatic heterocycles. The number of nitrogens with two attached hydrogens (primary N) is 1. The SMILES string of the molecule is CC1CCN(C(=O)CC2C=CCC2)C(CN)C1. The van der Waals surface area contributed by atoms with Crippen LogP contribution in [0.5, 0.6) is 0 Å². The predicted octanol–water partition coefficient (Wildman–Crippen LogP) is 1.93. The Bertz CT molecular complexity index is 301. The quantitative estimate of drug-likeness (QED) is 0.761. The molecule has 0 spiro atoms. The molecule has 3 atom stereocenters. The molecule has 2 aliphatic rings. The number of nitrogens with zero attached hydrogens (tertiary/aromatic N) is 1. The minimum absolute atomic E-state index is 0.275. The van der Waals surface area contributed by atoms with Gasteiger partial charge in [-0.15, -0.1) is 0 Å². The molecule has 1 heterocycles. The smallest absolute Gasteiger partial charge is 0.223 e. The molecule has 0 saturated carbocycles. The van der Waals surface area contributed by atoms with Crippen molar-refractivity contribution in [2.45, 2.75) is 45.1 Å². The highest BCUT2D eigenvalue weighted by atomic mass is 16.2. The van der Waals surface area contributed by atoms with Crippen LogP contribution in [0.2, 0.25) is 0 Å². The zero-order valence-corrected chi connectivity index (χ0v) is 10.8. The maximum atomic E-state index is 12.3. The van der Waals surface area contributed by atoms with Gasteiger partial charge in [-0.2, -0.15) is 0 Å². The number of carbonyl (C=O) groups excluding carboxylic acids is 1. The summed E-state index contributed by atoms with van der Waals surface area (Å²) >= 11 is 0. The van der Waals surface area contributed by atoms with Crippen molar-refractivity contribution in [2.24, 2.45) is 17.6 Å². The van der Waals surface area contributed by atoms with Crippen LogP contribution >= 0.6 is 0 Å². The van der Waals surface area contributed by atoms with Gasteiger partial charge >= 0.3 is 0 Å². The zero-order chi connectivity index (χ0) is 12.3. The van der Waals surface area contributed by atoms with Crippen molar-refractivity contribution in [3.63, 3.8) is 0 Å². The van der Waals surface area contributed by atoms with Gasteiger partial charge in [0.2, 0.25) is 5.91 Å². The number of hydrogen-bond acceptors (Lipinski definition) is 2. The summed E-state index contributed by atoms with van der Waals surface area (Å²) in [5, 5.41) is 0. The van der Waals surface area contributed by atoms with Crippen molar-refractivity contribution in [1.82, 2.24) is 4.90 Å². The summed E-state index contributed by atoms with van der Waals surface area (Å²) in [6, 6.07) is 0.275. The number of likely N-dealkylation sites (tertiary alicyclic amines) is 1. The lowest BCUT2D eigenvalue weighted by Crippen LogP contribution is -2.49. The number of rotatable bonds is 3. The number of hydrogen-bond donors (Lipinski definition) is 1. The van der Waals surface area contributed by atoms with Crippen molar-refractivity contribution < 1.29 is 4.79 Å². The van der Waals surface area contributed by atoms with Crippen LogP contribution in [0.4, 0.5) is 0 Å². The first kappa shape index (κ1) is 12.6. The summed E-state index contributed by atoms with van der Waals surface area (Å²) in [5.41, 5.74) is 5.79. The van der Waals surface area contributed by atoms with Gasteiger partial charge in [0.15, 0.2) is 0 Å². The minimum Gasteiger partial charge on any atom is -0.338 e. The third-order valence-electron chi connectivity index (χ3n) is 4.12. The van der Waals surface area contributed by atoms with Crippen LogP contribution < -0.4 is 5.73 Å². The standard InChI is InChI=1S/C14H24N2O/c1-11-6-7-16(13(8-11)10-15)14(17)9-12-4-2-3-5-12/h2,4,11-13H,3,5-10,15H2,1H3. The van der Waals surface area contributed by atoms with Crippen LogP contribution in [-0.4, -0.2) is 29.9 Å². The molecule has 1 fully saturated rings. The van der Waals surface area contributed by atoms with Crippen molar-refractivity contribution in [1.29, 1.82) is 0 Å². The molecule has 0 bridgehead atoms. The number of allylic oxidation sites excluding steroid dienone is 2. The van der Waals surface area contributed by atoms with E-state index in [2.05, 4.69) is 19.1 Å². The van der Waals surface area contributed by atoms with E-state index in [9.17, 15) is 4.79 Å². The van der Waals surface area contributed by atoms with E-state index in [1.165, 1.54) is 0 Å². The van der Waals surface area contributed by atoms with Gasteiger partial charge in [-0.1, -0.05) is 19.1 Å². The Labute approximate surface area is 104 Å². The molecule has 1 aliphatic heterocycles. The average Bonchev–Trinajstić information content (AvgIpc) is 2.81. The lowest BCUT2D eigenvalue weighted by atomic mass is 9.91. The van der Waals surface area contributed by atoms with Crippen LogP contribution in [-0.2, 0) is 4.79 Å². The third kappa shape index (κ3) is 3.09. The fourth-order valence-electron chi connectivity index (χ4n) is 3.01. The van der Waals surface area contributed by atoms with Gasteiger partial charge in [-0.25, -0.2) is 0 Å². The Kier molecular flexibility index (Phi) is 4.21.